The van der Waals surface area contributed by atoms with E-state index in [2.05, 4.69) is 11.8 Å². The Morgan fingerprint density at radius 3 is 2.80 bits per heavy atom. The van der Waals surface area contributed by atoms with Gasteiger partial charge in [-0.25, -0.2) is 4.39 Å². The van der Waals surface area contributed by atoms with E-state index in [1.807, 2.05) is 18.2 Å². The molecular formula is C16H13ClFNO. The second kappa shape index (κ2) is 6.95. The molecule has 2 N–H and O–H groups in total. The molecule has 0 aromatic heterocycles. The predicted molar refractivity (Wildman–Crippen MR) is 78.1 cm³/mol. The minimum atomic E-state index is -0.343. The molecule has 2 aromatic carbocycles. The van der Waals surface area contributed by atoms with Gasteiger partial charge in [-0.05, 0) is 30.3 Å². The summed E-state index contributed by atoms with van der Waals surface area (Å²) in [7, 11) is 0. The van der Waals surface area contributed by atoms with Crippen LogP contribution in [0.1, 0.15) is 11.1 Å². The Balaban J connectivity index is 2.17. The monoisotopic (exact) mass is 289 g/mol. The topological polar surface area (TPSA) is 35.2 Å². The zero-order valence-corrected chi connectivity index (χ0v) is 11.5. The Labute approximate surface area is 122 Å². The van der Waals surface area contributed by atoms with Crippen molar-refractivity contribution in [3.63, 3.8) is 0 Å². The van der Waals surface area contributed by atoms with Crippen LogP contribution in [0.15, 0.2) is 42.5 Å². The highest BCUT2D eigenvalue weighted by molar-refractivity contribution is 6.31. The molecular weight excluding hydrogens is 277 g/mol. The van der Waals surface area contributed by atoms with Gasteiger partial charge in [-0.2, -0.15) is 0 Å². The lowest BCUT2D eigenvalue weighted by molar-refractivity contribution is 0.305. The summed E-state index contributed by atoms with van der Waals surface area (Å²) < 4.78 is 18.8. The summed E-state index contributed by atoms with van der Waals surface area (Å²) in [6.45, 7) is 0.460. The number of halogens is 2. The molecule has 0 bridgehead atoms. The molecule has 0 heterocycles. The fourth-order valence-electron chi connectivity index (χ4n) is 1.65. The van der Waals surface area contributed by atoms with Crippen LogP contribution >= 0.6 is 11.6 Å². The van der Waals surface area contributed by atoms with Gasteiger partial charge in [0.25, 0.3) is 0 Å². The average molecular weight is 290 g/mol. The van der Waals surface area contributed by atoms with Gasteiger partial charge in [-0.3, -0.25) is 0 Å². The quantitative estimate of drug-likeness (QED) is 0.879. The second-order valence-electron chi connectivity index (χ2n) is 4.03. The summed E-state index contributed by atoms with van der Waals surface area (Å²) in [5, 5.41) is 0.469. The lowest BCUT2D eigenvalue weighted by atomic mass is 10.2. The molecule has 0 saturated heterocycles. The van der Waals surface area contributed by atoms with Crippen LogP contribution in [0.4, 0.5) is 4.39 Å². The molecule has 2 nitrogen and oxygen atoms in total. The zero-order chi connectivity index (χ0) is 14.4. The SMILES string of the molecule is NCC#Cc1ccccc1OCc1cc(F)ccc1Cl. The van der Waals surface area contributed by atoms with E-state index in [1.54, 1.807) is 6.07 Å². The number of hydrogen-bond donors (Lipinski definition) is 1. The smallest absolute Gasteiger partial charge is 0.135 e. The van der Waals surface area contributed by atoms with Crippen LogP contribution in [0.25, 0.3) is 0 Å². The number of para-hydroxylation sites is 1. The first kappa shape index (κ1) is 14.4. The van der Waals surface area contributed by atoms with Crippen molar-refractivity contribution in [2.45, 2.75) is 6.61 Å². The normalized spacial score (nSPS) is 9.75. The van der Waals surface area contributed by atoms with Crippen LogP contribution < -0.4 is 10.5 Å². The number of nitrogens with two attached hydrogens (primary N) is 1. The third-order valence-corrected chi connectivity index (χ3v) is 2.97. The summed E-state index contributed by atoms with van der Waals surface area (Å²) in [5.74, 6) is 5.98. The van der Waals surface area contributed by atoms with Gasteiger partial charge >= 0.3 is 0 Å². The van der Waals surface area contributed by atoms with Crippen molar-refractivity contribution in [2.75, 3.05) is 6.54 Å². The molecule has 0 fully saturated rings. The Hall–Kier alpha value is -2.02. The van der Waals surface area contributed by atoms with E-state index >= 15 is 0 Å². The highest BCUT2D eigenvalue weighted by atomic mass is 35.5. The minimum absolute atomic E-state index is 0.178. The summed E-state index contributed by atoms with van der Waals surface area (Å²) >= 11 is 5.99. The molecule has 0 radical (unpaired) electrons. The third kappa shape index (κ3) is 3.74. The van der Waals surface area contributed by atoms with Crippen molar-refractivity contribution in [1.82, 2.24) is 0 Å². The Bertz CT molecular complexity index is 661. The number of ether oxygens (including phenoxy) is 1. The van der Waals surface area contributed by atoms with E-state index in [4.69, 9.17) is 22.1 Å². The molecule has 2 rings (SSSR count). The molecule has 0 aliphatic carbocycles. The standard InChI is InChI=1S/C16H13ClFNO/c17-15-8-7-14(18)10-13(15)11-20-16-6-2-1-4-12(16)5-3-9-19/h1-2,4,6-8,10H,9,11,19H2. The molecule has 0 aliphatic heterocycles. The summed E-state index contributed by atoms with van der Waals surface area (Å²) in [4.78, 5) is 0. The molecule has 4 heteroatoms. The van der Waals surface area contributed by atoms with Crippen molar-refractivity contribution in [3.8, 4) is 17.6 Å². The lowest BCUT2D eigenvalue weighted by Crippen LogP contribution is -1.99. The first-order chi connectivity index (χ1) is 9.70. The van der Waals surface area contributed by atoms with Crippen molar-refractivity contribution < 1.29 is 9.13 Å². The second-order valence-corrected chi connectivity index (χ2v) is 4.43. The maximum Gasteiger partial charge on any atom is 0.135 e. The van der Waals surface area contributed by atoms with Gasteiger partial charge in [0.15, 0.2) is 0 Å². The van der Waals surface area contributed by atoms with Crippen molar-refractivity contribution in [1.29, 1.82) is 0 Å². The Kier molecular flexibility index (Phi) is 5.00. The van der Waals surface area contributed by atoms with E-state index in [0.717, 1.165) is 5.56 Å². The number of rotatable bonds is 3. The van der Waals surface area contributed by atoms with E-state index in [1.165, 1.54) is 18.2 Å². The van der Waals surface area contributed by atoms with Crippen molar-refractivity contribution >= 4 is 11.6 Å². The van der Waals surface area contributed by atoms with Gasteiger partial charge in [-0.1, -0.05) is 35.6 Å². The highest BCUT2D eigenvalue weighted by Crippen LogP contribution is 2.22. The van der Waals surface area contributed by atoms with Gasteiger partial charge in [0.2, 0.25) is 0 Å². The summed E-state index contributed by atoms with van der Waals surface area (Å²) in [6, 6.07) is 11.5. The van der Waals surface area contributed by atoms with E-state index in [0.29, 0.717) is 16.3 Å². The van der Waals surface area contributed by atoms with E-state index in [9.17, 15) is 4.39 Å². The molecule has 102 valence electrons. The maximum atomic E-state index is 13.2. The van der Waals surface area contributed by atoms with Crippen LogP contribution in [0.3, 0.4) is 0 Å². The molecule has 20 heavy (non-hydrogen) atoms. The van der Waals surface area contributed by atoms with Crippen molar-refractivity contribution in [2.24, 2.45) is 5.73 Å². The Morgan fingerprint density at radius 2 is 2.00 bits per heavy atom. The molecule has 0 unspecified atom stereocenters. The number of benzene rings is 2. The molecule has 0 aliphatic rings. The fraction of sp³-hybridized carbons (Fsp3) is 0.125. The summed E-state index contributed by atoms with van der Waals surface area (Å²) in [5.41, 5.74) is 6.69. The molecule has 0 amide bonds. The molecule has 0 saturated carbocycles. The van der Waals surface area contributed by atoms with Crippen LogP contribution in [-0.4, -0.2) is 6.54 Å². The largest absolute Gasteiger partial charge is 0.488 e. The minimum Gasteiger partial charge on any atom is -0.488 e. The zero-order valence-electron chi connectivity index (χ0n) is 10.7. The van der Waals surface area contributed by atoms with Gasteiger partial charge in [0, 0.05) is 10.6 Å². The van der Waals surface area contributed by atoms with Crippen LogP contribution in [0, 0.1) is 17.7 Å². The number of hydrogen-bond acceptors (Lipinski definition) is 2. The average Bonchev–Trinajstić information content (AvgIpc) is 2.47. The van der Waals surface area contributed by atoms with Gasteiger partial charge < -0.3 is 10.5 Å². The van der Waals surface area contributed by atoms with Crippen LogP contribution in [-0.2, 0) is 6.61 Å². The molecule has 2 aromatic rings. The molecule has 0 spiro atoms. The van der Waals surface area contributed by atoms with Gasteiger partial charge in [0.1, 0.15) is 18.2 Å². The van der Waals surface area contributed by atoms with Crippen LogP contribution in [0.2, 0.25) is 5.02 Å². The molecule has 0 atom stereocenters. The van der Waals surface area contributed by atoms with Crippen molar-refractivity contribution in [3.05, 3.63) is 64.4 Å². The first-order valence-corrected chi connectivity index (χ1v) is 6.43. The lowest BCUT2D eigenvalue weighted by Gasteiger charge is -2.09. The van der Waals surface area contributed by atoms with Gasteiger partial charge in [0.05, 0.1) is 12.1 Å². The Morgan fingerprint density at radius 1 is 1.20 bits per heavy atom. The summed E-state index contributed by atoms with van der Waals surface area (Å²) in [6.07, 6.45) is 0. The first-order valence-electron chi connectivity index (χ1n) is 6.05. The van der Waals surface area contributed by atoms with E-state index < -0.39 is 0 Å². The van der Waals surface area contributed by atoms with Gasteiger partial charge in [-0.15, -0.1) is 0 Å². The predicted octanol–water partition coefficient (Wildman–Crippen LogP) is 3.37. The van der Waals surface area contributed by atoms with Crippen LogP contribution in [0.5, 0.6) is 5.75 Å². The third-order valence-electron chi connectivity index (χ3n) is 2.60. The maximum absolute atomic E-state index is 13.2. The highest BCUT2D eigenvalue weighted by Gasteiger charge is 2.05. The van der Waals surface area contributed by atoms with E-state index in [-0.39, 0.29) is 19.0 Å². The fourth-order valence-corrected chi connectivity index (χ4v) is 1.82.